The maximum absolute atomic E-state index is 12.4. The number of nitro groups is 2. The standard InChI is InChI=1S/C20H13N3O7/c24-19(13-5-9-15(10-6-13)22(26)27)21-17-3-1-2-4-18(17)30-20(25)14-7-11-16(12-8-14)23(28)29/h1-12H,(H,21,24). The monoisotopic (exact) mass is 407 g/mol. The van der Waals surface area contributed by atoms with Gasteiger partial charge in [0.1, 0.15) is 0 Å². The number of nitrogens with one attached hydrogen (secondary N) is 1. The van der Waals surface area contributed by atoms with Crippen molar-refractivity contribution in [3.05, 3.63) is 104 Å². The second-order valence-corrected chi connectivity index (χ2v) is 5.95. The Morgan fingerprint density at radius 3 is 1.77 bits per heavy atom. The molecule has 0 radical (unpaired) electrons. The number of rotatable bonds is 6. The zero-order valence-corrected chi connectivity index (χ0v) is 15.2. The molecule has 0 aliphatic rings. The van der Waals surface area contributed by atoms with Gasteiger partial charge >= 0.3 is 5.97 Å². The second kappa shape index (κ2) is 8.61. The fourth-order valence-electron chi connectivity index (χ4n) is 2.47. The molecule has 0 atom stereocenters. The lowest BCUT2D eigenvalue weighted by molar-refractivity contribution is -0.385. The number of anilines is 1. The third kappa shape index (κ3) is 4.62. The van der Waals surface area contributed by atoms with Gasteiger partial charge in [0.25, 0.3) is 17.3 Å². The lowest BCUT2D eigenvalue weighted by atomic mass is 10.2. The van der Waals surface area contributed by atoms with Crippen molar-refractivity contribution in [2.24, 2.45) is 0 Å². The topological polar surface area (TPSA) is 142 Å². The summed E-state index contributed by atoms with van der Waals surface area (Å²) < 4.78 is 5.31. The molecule has 0 spiro atoms. The van der Waals surface area contributed by atoms with Crippen molar-refractivity contribution in [2.45, 2.75) is 0 Å². The number of amides is 1. The Morgan fingerprint density at radius 2 is 1.23 bits per heavy atom. The number of ether oxygens (including phenoxy) is 1. The van der Waals surface area contributed by atoms with Crippen LogP contribution >= 0.6 is 0 Å². The Labute approximate surface area is 169 Å². The molecule has 1 amide bonds. The molecule has 0 saturated carbocycles. The second-order valence-electron chi connectivity index (χ2n) is 5.95. The van der Waals surface area contributed by atoms with E-state index >= 15 is 0 Å². The van der Waals surface area contributed by atoms with Gasteiger partial charge in [0.2, 0.25) is 0 Å². The van der Waals surface area contributed by atoms with Crippen LogP contribution in [0.25, 0.3) is 0 Å². The first-order valence-corrected chi connectivity index (χ1v) is 8.46. The average molecular weight is 407 g/mol. The zero-order chi connectivity index (χ0) is 21.7. The summed E-state index contributed by atoms with van der Waals surface area (Å²) in [7, 11) is 0. The molecule has 1 N–H and O–H groups in total. The number of hydrogen-bond acceptors (Lipinski definition) is 7. The fraction of sp³-hybridized carbons (Fsp3) is 0. The Balaban J connectivity index is 1.75. The van der Waals surface area contributed by atoms with Gasteiger partial charge in [-0.1, -0.05) is 12.1 Å². The number of carbonyl (C=O) groups is 2. The molecule has 0 unspecified atom stereocenters. The van der Waals surface area contributed by atoms with E-state index in [1.54, 1.807) is 12.1 Å². The molecule has 0 heterocycles. The van der Waals surface area contributed by atoms with Crippen LogP contribution in [0.5, 0.6) is 5.75 Å². The molecule has 3 aromatic rings. The normalized spacial score (nSPS) is 10.1. The van der Waals surface area contributed by atoms with Gasteiger partial charge in [-0.2, -0.15) is 0 Å². The average Bonchev–Trinajstić information content (AvgIpc) is 2.75. The summed E-state index contributed by atoms with van der Waals surface area (Å²) in [6, 6.07) is 16.1. The number of carbonyl (C=O) groups excluding carboxylic acids is 2. The van der Waals surface area contributed by atoms with Gasteiger partial charge in [0.15, 0.2) is 5.75 Å². The van der Waals surface area contributed by atoms with Crippen molar-refractivity contribution in [2.75, 3.05) is 5.32 Å². The minimum Gasteiger partial charge on any atom is -0.421 e. The van der Waals surface area contributed by atoms with E-state index in [1.165, 1.54) is 60.7 Å². The highest BCUT2D eigenvalue weighted by molar-refractivity contribution is 6.05. The molecule has 0 saturated heterocycles. The van der Waals surface area contributed by atoms with Crippen molar-refractivity contribution in [1.82, 2.24) is 0 Å². The SMILES string of the molecule is O=C(Nc1ccccc1OC(=O)c1ccc([N+](=O)[O-])cc1)c1ccc([N+](=O)[O-])cc1. The van der Waals surface area contributed by atoms with Crippen molar-refractivity contribution in [3.63, 3.8) is 0 Å². The molecule has 0 aliphatic heterocycles. The zero-order valence-electron chi connectivity index (χ0n) is 15.2. The molecule has 0 aromatic heterocycles. The lowest BCUT2D eigenvalue weighted by Gasteiger charge is -2.11. The van der Waals surface area contributed by atoms with E-state index in [0.717, 1.165) is 0 Å². The van der Waals surface area contributed by atoms with Crippen LogP contribution in [-0.2, 0) is 0 Å². The van der Waals surface area contributed by atoms with Crippen molar-refractivity contribution in [1.29, 1.82) is 0 Å². The molecule has 0 fully saturated rings. The van der Waals surface area contributed by atoms with Crippen LogP contribution in [0.15, 0.2) is 72.8 Å². The molecular weight excluding hydrogens is 394 g/mol. The van der Waals surface area contributed by atoms with E-state index in [2.05, 4.69) is 5.32 Å². The number of hydrogen-bond donors (Lipinski definition) is 1. The molecule has 0 bridgehead atoms. The van der Waals surface area contributed by atoms with Gasteiger partial charge in [-0.25, -0.2) is 4.79 Å². The Kier molecular flexibility index (Phi) is 5.78. The van der Waals surface area contributed by atoms with Crippen LogP contribution in [0.4, 0.5) is 17.1 Å². The van der Waals surface area contributed by atoms with E-state index in [9.17, 15) is 29.8 Å². The van der Waals surface area contributed by atoms with E-state index in [-0.39, 0.29) is 33.9 Å². The minimum atomic E-state index is -0.762. The molecule has 0 aliphatic carbocycles. The maximum Gasteiger partial charge on any atom is 0.343 e. The van der Waals surface area contributed by atoms with Crippen molar-refractivity contribution < 1.29 is 24.2 Å². The van der Waals surface area contributed by atoms with Crippen LogP contribution in [-0.4, -0.2) is 21.7 Å². The molecule has 3 aromatic carbocycles. The largest absolute Gasteiger partial charge is 0.421 e. The van der Waals surface area contributed by atoms with Gasteiger partial charge < -0.3 is 10.1 Å². The molecule has 30 heavy (non-hydrogen) atoms. The van der Waals surface area contributed by atoms with Gasteiger partial charge in [-0.05, 0) is 36.4 Å². The summed E-state index contributed by atoms with van der Waals surface area (Å²) in [6.07, 6.45) is 0. The minimum absolute atomic E-state index is 0.0658. The molecular formula is C20H13N3O7. The first-order valence-electron chi connectivity index (χ1n) is 8.46. The van der Waals surface area contributed by atoms with Crippen LogP contribution < -0.4 is 10.1 Å². The summed E-state index contributed by atoms with van der Waals surface area (Å²) in [4.78, 5) is 45.0. The lowest BCUT2D eigenvalue weighted by Crippen LogP contribution is -2.15. The van der Waals surface area contributed by atoms with Gasteiger partial charge in [-0.15, -0.1) is 0 Å². The van der Waals surface area contributed by atoms with Gasteiger partial charge in [-0.3, -0.25) is 25.0 Å². The van der Waals surface area contributed by atoms with Crippen molar-refractivity contribution >= 4 is 28.9 Å². The quantitative estimate of drug-likeness (QED) is 0.282. The fourth-order valence-corrected chi connectivity index (χ4v) is 2.47. The molecule has 10 nitrogen and oxygen atoms in total. The number of nitro benzene ring substituents is 2. The van der Waals surface area contributed by atoms with E-state index in [1.807, 2.05) is 0 Å². The summed E-state index contributed by atoms with van der Waals surface area (Å²) in [5, 5.41) is 24.0. The molecule has 3 rings (SSSR count). The smallest absolute Gasteiger partial charge is 0.343 e. The summed E-state index contributed by atoms with van der Waals surface area (Å²) in [5.41, 5.74) is 0.164. The number of para-hydroxylation sites is 2. The van der Waals surface area contributed by atoms with Crippen LogP contribution in [0, 0.1) is 20.2 Å². The third-order valence-corrected chi connectivity index (χ3v) is 3.99. The number of benzene rings is 3. The molecule has 150 valence electrons. The van der Waals surface area contributed by atoms with Gasteiger partial charge in [0.05, 0.1) is 21.1 Å². The Morgan fingerprint density at radius 1 is 0.733 bits per heavy atom. The predicted octanol–water partition coefficient (Wildman–Crippen LogP) is 3.97. The maximum atomic E-state index is 12.4. The summed E-state index contributed by atoms with van der Waals surface area (Å²) in [6.45, 7) is 0. The van der Waals surface area contributed by atoms with Crippen molar-refractivity contribution in [3.8, 4) is 5.75 Å². The van der Waals surface area contributed by atoms with E-state index in [4.69, 9.17) is 4.74 Å². The first kappa shape index (κ1) is 20.1. The highest BCUT2D eigenvalue weighted by Gasteiger charge is 2.16. The summed E-state index contributed by atoms with van der Waals surface area (Å²) in [5.74, 6) is -1.25. The number of non-ortho nitro benzene ring substituents is 2. The third-order valence-electron chi connectivity index (χ3n) is 3.99. The van der Waals surface area contributed by atoms with E-state index in [0.29, 0.717) is 0 Å². The van der Waals surface area contributed by atoms with E-state index < -0.39 is 21.7 Å². The highest BCUT2D eigenvalue weighted by atomic mass is 16.6. The Hall–Kier alpha value is -4.60. The van der Waals surface area contributed by atoms with Crippen LogP contribution in [0.1, 0.15) is 20.7 Å². The number of esters is 1. The number of nitrogens with zero attached hydrogens (tertiary/aromatic N) is 2. The van der Waals surface area contributed by atoms with Gasteiger partial charge in [0, 0.05) is 29.8 Å². The van der Waals surface area contributed by atoms with Crippen LogP contribution in [0.2, 0.25) is 0 Å². The summed E-state index contributed by atoms with van der Waals surface area (Å²) >= 11 is 0. The first-order chi connectivity index (χ1) is 14.3. The van der Waals surface area contributed by atoms with Crippen LogP contribution in [0.3, 0.4) is 0 Å². The Bertz CT molecular complexity index is 1040. The highest BCUT2D eigenvalue weighted by Crippen LogP contribution is 2.26. The predicted molar refractivity (Wildman–Crippen MR) is 106 cm³/mol. The molecule has 10 heteroatoms.